The van der Waals surface area contributed by atoms with Crippen molar-refractivity contribution < 1.29 is 4.74 Å². The van der Waals surface area contributed by atoms with E-state index < -0.39 is 0 Å². The Kier molecular flexibility index (Phi) is 4.94. The summed E-state index contributed by atoms with van der Waals surface area (Å²) in [5, 5.41) is 0. The molecule has 0 radical (unpaired) electrons. The van der Waals surface area contributed by atoms with Crippen LogP contribution in [0.3, 0.4) is 0 Å². The summed E-state index contributed by atoms with van der Waals surface area (Å²) in [6.45, 7) is 4.24. The van der Waals surface area contributed by atoms with Gasteiger partial charge in [-0.2, -0.15) is 0 Å². The zero-order chi connectivity index (χ0) is 9.52. The minimum atomic E-state index is 0.371. The van der Waals surface area contributed by atoms with Gasteiger partial charge in [-0.1, -0.05) is 36.9 Å². The predicted molar refractivity (Wildman–Crippen MR) is 58.0 cm³/mol. The van der Waals surface area contributed by atoms with E-state index in [1.54, 1.807) is 11.8 Å². The molecule has 1 aromatic rings. The van der Waals surface area contributed by atoms with Crippen LogP contribution in [0.5, 0.6) is 0 Å². The number of ether oxygens (including phenoxy) is 1. The molecule has 1 atom stereocenters. The minimum Gasteiger partial charge on any atom is -0.368 e. The lowest BCUT2D eigenvalue weighted by atomic mass is 10.3. The van der Waals surface area contributed by atoms with E-state index in [4.69, 9.17) is 4.74 Å². The van der Waals surface area contributed by atoms with Gasteiger partial charge in [0.25, 0.3) is 0 Å². The van der Waals surface area contributed by atoms with Crippen LogP contribution in [0.15, 0.2) is 35.2 Å². The first-order valence-corrected chi connectivity index (χ1v) is 5.61. The molecule has 0 amide bonds. The van der Waals surface area contributed by atoms with Gasteiger partial charge in [0, 0.05) is 4.90 Å². The van der Waals surface area contributed by atoms with Gasteiger partial charge >= 0.3 is 0 Å². The van der Waals surface area contributed by atoms with Gasteiger partial charge in [0.1, 0.15) is 0 Å². The summed E-state index contributed by atoms with van der Waals surface area (Å²) in [6, 6.07) is 10.3. The first-order valence-electron chi connectivity index (χ1n) is 4.62. The normalized spacial score (nSPS) is 12.8. The standard InChI is InChI=1S/C11H16OS/c1-3-10(2)12-9-13-11-7-5-4-6-8-11/h4-8,10H,3,9H2,1-2H3. The molecule has 13 heavy (non-hydrogen) atoms. The Balaban J connectivity index is 2.20. The van der Waals surface area contributed by atoms with E-state index in [0.29, 0.717) is 6.10 Å². The highest BCUT2D eigenvalue weighted by Crippen LogP contribution is 2.17. The first-order chi connectivity index (χ1) is 6.33. The van der Waals surface area contributed by atoms with E-state index in [1.807, 2.05) is 18.2 Å². The van der Waals surface area contributed by atoms with Crippen LogP contribution in [0.25, 0.3) is 0 Å². The van der Waals surface area contributed by atoms with Gasteiger partial charge in [-0.15, -0.1) is 0 Å². The van der Waals surface area contributed by atoms with Crippen LogP contribution < -0.4 is 0 Å². The van der Waals surface area contributed by atoms with Crippen LogP contribution >= 0.6 is 11.8 Å². The highest BCUT2D eigenvalue weighted by atomic mass is 32.2. The number of rotatable bonds is 5. The lowest BCUT2D eigenvalue weighted by molar-refractivity contribution is 0.102. The Morgan fingerprint density at radius 1 is 1.31 bits per heavy atom. The third-order valence-corrected chi connectivity index (χ3v) is 2.76. The number of hydrogen-bond donors (Lipinski definition) is 0. The molecule has 1 nitrogen and oxygen atoms in total. The van der Waals surface area contributed by atoms with Crippen LogP contribution in [0.2, 0.25) is 0 Å². The van der Waals surface area contributed by atoms with Crippen LogP contribution in [-0.2, 0) is 4.74 Å². The lowest BCUT2D eigenvalue weighted by Crippen LogP contribution is -2.05. The molecule has 0 aliphatic rings. The first kappa shape index (κ1) is 10.6. The van der Waals surface area contributed by atoms with Gasteiger partial charge in [-0.3, -0.25) is 0 Å². The molecule has 0 fully saturated rings. The summed E-state index contributed by atoms with van der Waals surface area (Å²) in [5.74, 6) is 0.749. The molecule has 1 aromatic carbocycles. The molecule has 1 unspecified atom stereocenters. The zero-order valence-electron chi connectivity index (χ0n) is 8.19. The van der Waals surface area contributed by atoms with Gasteiger partial charge in [0.05, 0.1) is 12.0 Å². The van der Waals surface area contributed by atoms with Gasteiger partial charge in [-0.05, 0) is 25.5 Å². The Labute approximate surface area is 84.5 Å². The van der Waals surface area contributed by atoms with Crippen molar-refractivity contribution in [1.29, 1.82) is 0 Å². The third kappa shape index (κ3) is 4.34. The Morgan fingerprint density at radius 2 is 2.00 bits per heavy atom. The second-order valence-electron chi connectivity index (χ2n) is 2.96. The van der Waals surface area contributed by atoms with Gasteiger partial charge in [0.15, 0.2) is 0 Å². The van der Waals surface area contributed by atoms with Crippen molar-refractivity contribution in [1.82, 2.24) is 0 Å². The van der Waals surface area contributed by atoms with Crippen molar-refractivity contribution >= 4 is 11.8 Å². The molecule has 0 aliphatic heterocycles. The fraction of sp³-hybridized carbons (Fsp3) is 0.455. The van der Waals surface area contributed by atoms with Gasteiger partial charge in [-0.25, -0.2) is 0 Å². The SMILES string of the molecule is CCC(C)OCSc1ccccc1. The van der Waals surface area contributed by atoms with E-state index in [9.17, 15) is 0 Å². The maximum atomic E-state index is 5.56. The van der Waals surface area contributed by atoms with Crippen molar-refractivity contribution in [3.8, 4) is 0 Å². The van der Waals surface area contributed by atoms with Crippen LogP contribution in [-0.4, -0.2) is 12.0 Å². The van der Waals surface area contributed by atoms with E-state index in [2.05, 4.69) is 26.0 Å². The molecule has 0 saturated heterocycles. The summed E-state index contributed by atoms with van der Waals surface area (Å²) in [4.78, 5) is 1.27. The second kappa shape index (κ2) is 6.06. The molecule has 0 spiro atoms. The molecule has 0 bridgehead atoms. The average Bonchev–Trinajstić information content (AvgIpc) is 2.19. The average molecular weight is 196 g/mol. The fourth-order valence-corrected chi connectivity index (χ4v) is 1.64. The third-order valence-electron chi connectivity index (χ3n) is 1.90. The van der Waals surface area contributed by atoms with Crippen LogP contribution in [0, 0.1) is 0 Å². The summed E-state index contributed by atoms with van der Waals surface area (Å²) < 4.78 is 5.56. The topological polar surface area (TPSA) is 9.23 Å². The van der Waals surface area contributed by atoms with Crippen molar-refractivity contribution in [2.45, 2.75) is 31.3 Å². The van der Waals surface area contributed by atoms with E-state index in [1.165, 1.54) is 4.90 Å². The second-order valence-corrected chi connectivity index (χ2v) is 3.96. The molecule has 0 N–H and O–H groups in total. The maximum absolute atomic E-state index is 5.56. The summed E-state index contributed by atoms with van der Waals surface area (Å²) >= 11 is 1.74. The molecule has 0 saturated carbocycles. The fourth-order valence-electron chi connectivity index (χ4n) is 0.853. The monoisotopic (exact) mass is 196 g/mol. The molecule has 72 valence electrons. The zero-order valence-corrected chi connectivity index (χ0v) is 9.01. The Morgan fingerprint density at radius 3 is 2.62 bits per heavy atom. The van der Waals surface area contributed by atoms with E-state index >= 15 is 0 Å². The molecule has 0 heterocycles. The highest BCUT2D eigenvalue weighted by Gasteiger charge is 1.98. The van der Waals surface area contributed by atoms with Crippen LogP contribution in [0.4, 0.5) is 0 Å². The summed E-state index contributed by atoms with van der Waals surface area (Å²) in [6.07, 6.45) is 1.45. The van der Waals surface area contributed by atoms with Crippen molar-refractivity contribution in [2.75, 3.05) is 5.94 Å². The predicted octanol–water partition coefficient (Wildman–Crippen LogP) is 3.55. The van der Waals surface area contributed by atoms with Gasteiger partial charge < -0.3 is 4.74 Å². The highest BCUT2D eigenvalue weighted by molar-refractivity contribution is 7.99. The lowest BCUT2D eigenvalue weighted by Gasteiger charge is -2.09. The largest absolute Gasteiger partial charge is 0.368 e. The number of hydrogen-bond acceptors (Lipinski definition) is 2. The molecular formula is C11H16OS. The molecular weight excluding hydrogens is 180 g/mol. The quantitative estimate of drug-likeness (QED) is 0.526. The van der Waals surface area contributed by atoms with Crippen molar-refractivity contribution in [2.24, 2.45) is 0 Å². The summed E-state index contributed by atoms with van der Waals surface area (Å²) in [7, 11) is 0. The molecule has 0 aromatic heterocycles. The number of thioether (sulfide) groups is 1. The molecule has 0 aliphatic carbocycles. The molecule has 1 rings (SSSR count). The maximum Gasteiger partial charge on any atom is 0.0970 e. The Bertz CT molecular complexity index is 223. The summed E-state index contributed by atoms with van der Waals surface area (Å²) in [5.41, 5.74) is 0. The molecule has 2 heteroatoms. The minimum absolute atomic E-state index is 0.371. The van der Waals surface area contributed by atoms with E-state index in [0.717, 1.165) is 12.4 Å². The number of benzene rings is 1. The van der Waals surface area contributed by atoms with Crippen LogP contribution in [0.1, 0.15) is 20.3 Å². The van der Waals surface area contributed by atoms with Crippen molar-refractivity contribution in [3.63, 3.8) is 0 Å². The van der Waals surface area contributed by atoms with E-state index in [-0.39, 0.29) is 0 Å². The van der Waals surface area contributed by atoms with Gasteiger partial charge in [0.2, 0.25) is 0 Å². The Hall–Kier alpha value is -0.470. The van der Waals surface area contributed by atoms with Crippen molar-refractivity contribution in [3.05, 3.63) is 30.3 Å². The smallest absolute Gasteiger partial charge is 0.0970 e.